The van der Waals surface area contributed by atoms with Crippen molar-refractivity contribution in [3.8, 4) is 22.4 Å². The Morgan fingerprint density at radius 2 is 1.77 bits per heavy atom. The average molecular weight is 336 g/mol. The van der Waals surface area contributed by atoms with Crippen LogP contribution in [0.4, 0.5) is 4.39 Å². The van der Waals surface area contributed by atoms with Crippen LogP contribution in [0.5, 0.6) is 0 Å². The van der Waals surface area contributed by atoms with Gasteiger partial charge in [0.05, 0.1) is 0 Å². The van der Waals surface area contributed by atoms with Gasteiger partial charge in [-0.3, -0.25) is 0 Å². The highest BCUT2D eigenvalue weighted by Gasteiger charge is 2.43. The lowest BCUT2D eigenvalue weighted by atomic mass is 9.36. The molecule has 3 heteroatoms. The van der Waals surface area contributed by atoms with Gasteiger partial charge in [0.1, 0.15) is 12.9 Å². The summed E-state index contributed by atoms with van der Waals surface area (Å²) in [6.07, 6.45) is 2.04. The SMILES string of the molecule is Cc1ccc2c3c1-c1c4c(cc(F)cc4cc[n+]1C)B3c1ccccc1-2. The Kier molecular flexibility index (Phi) is 2.53. The number of rotatable bonds is 0. The molecule has 26 heavy (non-hydrogen) atoms. The lowest BCUT2D eigenvalue weighted by Crippen LogP contribution is -2.54. The molecule has 0 fully saturated rings. The third kappa shape index (κ3) is 1.55. The summed E-state index contributed by atoms with van der Waals surface area (Å²) in [7, 11) is 2.09. The van der Waals surface area contributed by atoms with E-state index in [1.165, 1.54) is 44.3 Å². The van der Waals surface area contributed by atoms with E-state index in [0.717, 1.165) is 10.8 Å². The zero-order valence-electron chi connectivity index (χ0n) is 14.7. The van der Waals surface area contributed by atoms with Gasteiger partial charge in [0, 0.05) is 17.0 Å². The molecular weight excluding hydrogens is 320 g/mol. The van der Waals surface area contributed by atoms with Gasteiger partial charge in [0.15, 0.2) is 6.20 Å². The minimum Gasteiger partial charge on any atom is -0.207 e. The number of hydrogen-bond donors (Lipinski definition) is 0. The van der Waals surface area contributed by atoms with Crippen molar-refractivity contribution < 1.29 is 8.96 Å². The third-order valence-electron chi connectivity index (χ3n) is 6.08. The Bertz CT molecular complexity index is 1280. The normalized spacial score (nSPS) is 13.1. The fraction of sp³-hybridized carbons (Fsp3) is 0.0870. The van der Waals surface area contributed by atoms with E-state index in [1.807, 2.05) is 12.3 Å². The number of hydrogen-bond acceptors (Lipinski definition) is 0. The highest BCUT2D eigenvalue weighted by Crippen LogP contribution is 2.36. The molecule has 0 atom stereocenters. The van der Waals surface area contributed by atoms with Gasteiger partial charge in [-0.1, -0.05) is 47.3 Å². The van der Waals surface area contributed by atoms with Gasteiger partial charge in [0.2, 0.25) is 12.4 Å². The van der Waals surface area contributed by atoms with Crippen molar-refractivity contribution in [3.05, 3.63) is 72.2 Å². The van der Waals surface area contributed by atoms with Crippen LogP contribution in [0.15, 0.2) is 60.8 Å². The number of aryl methyl sites for hydroxylation is 2. The van der Waals surface area contributed by atoms with E-state index in [-0.39, 0.29) is 12.5 Å². The first-order valence-corrected chi connectivity index (χ1v) is 9.00. The maximum absolute atomic E-state index is 14.5. The van der Waals surface area contributed by atoms with Gasteiger partial charge in [-0.25, -0.2) is 8.96 Å². The molecule has 0 amide bonds. The van der Waals surface area contributed by atoms with Crippen molar-refractivity contribution in [2.75, 3.05) is 0 Å². The monoisotopic (exact) mass is 336 g/mol. The predicted octanol–water partition coefficient (Wildman–Crippen LogP) is 2.59. The zero-order chi connectivity index (χ0) is 17.6. The Hall–Kier alpha value is -2.94. The Labute approximate surface area is 151 Å². The topological polar surface area (TPSA) is 3.88 Å². The van der Waals surface area contributed by atoms with Gasteiger partial charge in [-0.2, -0.15) is 0 Å². The zero-order valence-corrected chi connectivity index (χ0v) is 14.7. The van der Waals surface area contributed by atoms with E-state index in [0.29, 0.717) is 0 Å². The lowest BCUT2D eigenvalue weighted by molar-refractivity contribution is -0.659. The predicted molar refractivity (Wildman–Crippen MR) is 105 cm³/mol. The highest BCUT2D eigenvalue weighted by atomic mass is 19.1. The molecule has 0 N–H and O–H groups in total. The molecule has 0 saturated carbocycles. The summed E-state index contributed by atoms with van der Waals surface area (Å²) in [5.74, 6) is -0.158. The van der Waals surface area contributed by atoms with Crippen molar-refractivity contribution in [1.82, 2.24) is 0 Å². The number of halogens is 1. The minimum atomic E-state index is -0.158. The van der Waals surface area contributed by atoms with Crippen LogP contribution in [-0.2, 0) is 7.05 Å². The molecule has 0 saturated heterocycles. The van der Waals surface area contributed by atoms with Crippen LogP contribution in [0, 0.1) is 12.7 Å². The molecule has 4 aromatic rings. The second kappa shape index (κ2) is 4.61. The van der Waals surface area contributed by atoms with Gasteiger partial charge < -0.3 is 0 Å². The van der Waals surface area contributed by atoms with E-state index in [2.05, 4.69) is 54.9 Å². The molecule has 0 spiro atoms. The van der Waals surface area contributed by atoms with Crippen LogP contribution in [0.25, 0.3) is 33.2 Å². The molecule has 1 nitrogen and oxygen atoms in total. The number of pyridine rings is 1. The van der Waals surface area contributed by atoms with Gasteiger partial charge in [-0.05, 0) is 46.6 Å². The van der Waals surface area contributed by atoms with E-state index < -0.39 is 0 Å². The smallest absolute Gasteiger partial charge is 0.207 e. The first kappa shape index (κ1) is 14.3. The molecule has 3 aromatic carbocycles. The molecule has 2 aliphatic rings. The molecule has 0 radical (unpaired) electrons. The van der Waals surface area contributed by atoms with Crippen LogP contribution in [0.2, 0.25) is 0 Å². The summed E-state index contributed by atoms with van der Waals surface area (Å²) in [6, 6.07) is 18.5. The molecule has 6 rings (SSSR count). The first-order chi connectivity index (χ1) is 12.6. The lowest BCUT2D eigenvalue weighted by Gasteiger charge is -2.24. The Balaban J connectivity index is 1.92. The van der Waals surface area contributed by atoms with E-state index >= 15 is 0 Å². The van der Waals surface area contributed by atoms with Crippen molar-refractivity contribution in [2.45, 2.75) is 6.92 Å². The summed E-state index contributed by atoms with van der Waals surface area (Å²) in [4.78, 5) is 0. The molecule has 122 valence electrons. The quantitative estimate of drug-likeness (QED) is 0.297. The largest absolute Gasteiger partial charge is 0.245 e. The van der Waals surface area contributed by atoms with Crippen LogP contribution < -0.4 is 21.0 Å². The second-order valence-corrected chi connectivity index (χ2v) is 7.47. The number of nitrogens with zero attached hydrogens (tertiary/aromatic N) is 1. The van der Waals surface area contributed by atoms with Crippen molar-refractivity contribution in [3.63, 3.8) is 0 Å². The summed E-state index contributed by atoms with van der Waals surface area (Å²) in [6.45, 7) is 2.30. The maximum Gasteiger partial charge on any atom is 0.245 e. The van der Waals surface area contributed by atoms with Crippen molar-refractivity contribution in [1.29, 1.82) is 0 Å². The number of benzene rings is 3. The molecule has 3 heterocycles. The number of fused-ring (bicyclic) bond motifs is 5. The van der Waals surface area contributed by atoms with Crippen LogP contribution in [0.3, 0.4) is 0 Å². The standard InChI is InChI=1S/C23H16BFN/c1-13-7-8-17-16-5-3-4-6-18(16)24-19-12-15(25)11-14-9-10-26(2)23(21(14)19)20(13)22(17)24/h3-12H,1-2H3/q+1. The maximum atomic E-state index is 14.5. The molecular formula is C23H16BFN+. The van der Waals surface area contributed by atoms with Gasteiger partial charge in [-0.15, -0.1) is 0 Å². The summed E-state index contributed by atoms with van der Waals surface area (Å²) < 4.78 is 16.7. The van der Waals surface area contributed by atoms with Crippen LogP contribution in [-0.4, -0.2) is 6.71 Å². The fourth-order valence-electron chi connectivity index (χ4n) is 5.08. The summed E-state index contributed by atoms with van der Waals surface area (Å²) in [5.41, 5.74) is 10.1. The Morgan fingerprint density at radius 3 is 2.65 bits per heavy atom. The van der Waals surface area contributed by atoms with Crippen molar-refractivity contribution >= 4 is 33.9 Å². The van der Waals surface area contributed by atoms with E-state index in [1.54, 1.807) is 12.1 Å². The second-order valence-electron chi connectivity index (χ2n) is 7.47. The van der Waals surface area contributed by atoms with Gasteiger partial charge >= 0.3 is 0 Å². The number of aromatic nitrogens is 1. The van der Waals surface area contributed by atoms with Crippen molar-refractivity contribution in [2.24, 2.45) is 7.05 Å². The highest BCUT2D eigenvalue weighted by molar-refractivity contribution is 7.01. The summed E-state index contributed by atoms with van der Waals surface area (Å²) >= 11 is 0. The molecule has 0 aliphatic carbocycles. The van der Waals surface area contributed by atoms with Crippen LogP contribution >= 0.6 is 0 Å². The molecule has 1 aromatic heterocycles. The van der Waals surface area contributed by atoms with Crippen LogP contribution in [0.1, 0.15) is 5.56 Å². The minimum absolute atomic E-state index is 0.115. The fourth-order valence-corrected chi connectivity index (χ4v) is 5.08. The first-order valence-electron chi connectivity index (χ1n) is 9.00. The molecule has 2 aliphatic heterocycles. The summed E-state index contributed by atoms with van der Waals surface area (Å²) in [5, 5.41) is 2.17. The molecule has 0 bridgehead atoms. The molecule has 0 unspecified atom stereocenters. The Morgan fingerprint density at radius 1 is 0.923 bits per heavy atom. The average Bonchev–Trinajstić information content (AvgIpc) is 2.97. The van der Waals surface area contributed by atoms with E-state index in [9.17, 15) is 4.39 Å². The van der Waals surface area contributed by atoms with Gasteiger partial charge in [0.25, 0.3) is 0 Å². The third-order valence-corrected chi connectivity index (χ3v) is 6.08. The van der Waals surface area contributed by atoms with E-state index in [4.69, 9.17) is 0 Å².